The van der Waals surface area contributed by atoms with Gasteiger partial charge in [0.15, 0.2) is 0 Å². The quantitative estimate of drug-likeness (QED) is 0.349. The van der Waals surface area contributed by atoms with Crippen LogP contribution in [0.15, 0.2) is 79.3 Å². The molecule has 0 aliphatic carbocycles. The van der Waals surface area contributed by atoms with E-state index >= 15 is 0 Å². The Balaban J connectivity index is 1.51. The van der Waals surface area contributed by atoms with E-state index in [9.17, 15) is 18.0 Å². The molecule has 0 spiro atoms. The monoisotopic (exact) mass is 493 g/mol. The van der Waals surface area contributed by atoms with Gasteiger partial charge in [-0.2, -0.15) is 18.3 Å². The van der Waals surface area contributed by atoms with Gasteiger partial charge in [-0.15, -0.1) is 0 Å². The Morgan fingerprint density at radius 1 is 1.03 bits per heavy atom. The first-order valence-electron chi connectivity index (χ1n) is 11.4. The molecule has 0 aliphatic heterocycles. The van der Waals surface area contributed by atoms with Gasteiger partial charge >= 0.3 is 6.18 Å². The second-order valence-electron chi connectivity index (χ2n) is 8.57. The Kier molecular flexibility index (Phi) is 7.49. The number of carbonyl (C=O) groups is 1. The third-order valence-electron chi connectivity index (χ3n) is 5.75. The molecule has 0 bridgehead atoms. The molecule has 1 atom stereocenters. The summed E-state index contributed by atoms with van der Waals surface area (Å²) in [6.07, 6.45) is 1.26. The van der Waals surface area contributed by atoms with Gasteiger partial charge in [0.2, 0.25) is 5.91 Å². The van der Waals surface area contributed by atoms with Crippen molar-refractivity contribution < 1.29 is 18.0 Å². The van der Waals surface area contributed by atoms with Crippen molar-refractivity contribution in [3.8, 4) is 11.1 Å². The van der Waals surface area contributed by atoms with Gasteiger partial charge in [0, 0.05) is 37.1 Å². The van der Waals surface area contributed by atoms with Crippen LogP contribution >= 0.6 is 0 Å². The lowest BCUT2D eigenvalue weighted by atomic mass is 10.0. The fraction of sp³-hybridized carbons (Fsp3) is 0.222. The average molecular weight is 494 g/mol. The van der Waals surface area contributed by atoms with Gasteiger partial charge in [0.25, 0.3) is 0 Å². The number of pyridine rings is 1. The molecule has 0 aliphatic rings. The van der Waals surface area contributed by atoms with E-state index in [1.165, 1.54) is 12.1 Å². The molecule has 0 unspecified atom stereocenters. The number of halogens is 3. The van der Waals surface area contributed by atoms with E-state index in [4.69, 9.17) is 0 Å². The number of aromatic nitrogens is 3. The van der Waals surface area contributed by atoms with Gasteiger partial charge in [0.05, 0.1) is 11.8 Å². The predicted molar refractivity (Wildman–Crippen MR) is 132 cm³/mol. The number of aryl methyl sites for hydroxylation is 2. The third kappa shape index (κ3) is 6.37. The number of hydrogen-bond donors (Lipinski definition) is 2. The number of carbonyl (C=O) groups excluding carboxylic acids is 1. The third-order valence-corrected chi connectivity index (χ3v) is 5.75. The molecule has 0 fully saturated rings. The molecule has 6 nitrogen and oxygen atoms in total. The van der Waals surface area contributed by atoms with Crippen LogP contribution in [0.1, 0.15) is 28.3 Å². The van der Waals surface area contributed by atoms with Crippen molar-refractivity contribution in [2.45, 2.75) is 25.6 Å². The number of anilines is 1. The van der Waals surface area contributed by atoms with E-state index in [1.54, 1.807) is 29.2 Å². The standard InChI is InChI=1S/C27H26F3N5O/c1-18-6-8-19(9-7-18)12-13-31-25(20-4-3-5-23(14-20)27(28,29)30)26(36)34-24-11-10-21(15-32-24)22-16-33-35(2)17-22/h3-11,14-17,25,31H,12-13H2,1-2H3,(H,32,34,36)/t25-/m1/s1. The Labute approximate surface area is 207 Å². The van der Waals surface area contributed by atoms with Gasteiger partial charge in [-0.25, -0.2) is 4.98 Å². The predicted octanol–water partition coefficient (Wildman–Crippen LogP) is 5.32. The molecule has 2 heterocycles. The van der Waals surface area contributed by atoms with Crippen molar-refractivity contribution in [1.82, 2.24) is 20.1 Å². The van der Waals surface area contributed by atoms with Crippen molar-refractivity contribution in [3.05, 3.63) is 102 Å². The molecule has 36 heavy (non-hydrogen) atoms. The summed E-state index contributed by atoms with van der Waals surface area (Å²) < 4.78 is 41.7. The number of alkyl halides is 3. The number of nitrogens with one attached hydrogen (secondary N) is 2. The van der Waals surface area contributed by atoms with Crippen LogP contribution in [0.3, 0.4) is 0 Å². The molecule has 2 aromatic carbocycles. The lowest BCUT2D eigenvalue weighted by molar-refractivity contribution is -0.137. The lowest BCUT2D eigenvalue weighted by Gasteiger charge is -2.20. The first-order chi connectivity index (χ1) is 17.2. The van der Waals surface area contributed by atoms with Crippen LogP contribution in [-0.2, 0) is 24.4 Å². The van der Waals surface area contributed by atoms with E-state index in [-0.39, 0.29) is 5.56 Å². The lowest BCUT2D eigenvalue weighted by Crippen LogP contribution is -2.34. The summed E-state index contributed by atoms with van der Waals surface area (Å²) >= 11 is 0. The summed E-state index contributed by atoms with van der Waals surface area (Å²) in [5.41, 5.74) is 3.31. The van der Waals surface area contributed by atoms with Crippen LogP contribution in [0.2, 0.25) is 0 Å². The zero-order valence-electron chi connectivity index (χ0n) is 19.9. The number of benzene rings is 2. The van der Waals surface area contributed by atoms with Gasteiger partial charge in [-0.1, -0.05) is 42.0 Å². The topological polar surface area (TPSA) is 71.8 Å². The molecule has 0 saturated heterocycles. The Hall–Kier alpha value is -3.98. The first kappa shape index (κ1) is 25.1. The highest BCUT2D eigenvalue weighted by Crippen LogP contribution is 2.31. The SMILES string of the molecule is Cc1ccc(CCN[C@@H](C(=O)Nc2ccc(-c3cnn(C)c3)cn2)c2cccc(C(F)(F)F)c2)cc1. The molecule has 4 rings (SSSR count). The van der Waals surface area contributed by atoms with E-state index in [0.717, 1.165) is 34.4 Å². The van der Waals surface area contributed by atoms with E-state index in [2.05, 4.69) is 20.7 Å². The fourth-order valence-corrected chi connectivity index (χ4v) is 3.78. The molecule has 2 N–H and O–H groups in total. The highest BCUT2D eigenvalue weighted by molar-refractivity contribution is 5.95. The molecule has 2 aromatic heterocycles. The number of hydrogen-bond acceptors (Lipinski definition) is 4. The molecule has 4 aromatic rings. The summed E-state index contributed by atoms with van der Waals surface area (Å²) in [6.45, 7) is 2.39. The van der Waals surface area contributed by atoms with Crippen LogP contribution < -0.4 is 10.6 Å². The van der Waals surface area contributed by atoms with Crippen LogP contribution in [0.5, 0.6) is 0 Å². The maximum atomic E-state index is 13.3. The molecular formula is C27H26F3N5O. The van der Waals surface area contributed by atoms with Crippen LogP contribution in [0, 0.1) is 6.92 Å². The minimum absolute atomic E-state index is 0.221. The normalized spacial score (nSPS) is 12.4. The second kappa shape index (κ2) is 10.7. The van der Waals surface area contributed by atoms with Crippen molar-refractivity contribution in [1.29, 1.82) is 0 Å². The molecule has 0 saturated carbocycles. The zero-order valence-corrected chi connectivity index (χ0v) is 19.9. The van der Waals surface area contributed by atoms with Crippen LogP contribution in [0.25, 0.3) is 11.1 Å². The van der Waals surface area contributed by atoms with Crippen molar-refractivity contribution in [2.75, 3.05) is 11.9 Å². The highest BCUT2D eigenvalue weighted by Gasteiger charge is 2.32. The Morgan fingerprint density at radius 2 is 1.81 bits per heavy atom. The highest BCUT2D eigenvalue weighted by atomic mass is 19.4. The van der Waals surface area contributed by atoms with Gasteiger partial charge < -0.3 is 10.6 Å². The van der Waals surface area contributed by atoms with Gasteiger partial charge in [0.1, 0.15) is 11.9 Å². The van der Waals surface area contributed by atoms with Crippen molar-refractivity contribution >= 4 is 11.7 Å². The van der Waals surface area contributed by atoms with Crippen molar-refractivity contribution in [2.24, 2.45) is 7.05 Å². The molecule has 0 radical (unpaired) electrons. The van der Waals surface area contributed by atoms with Gasteiger partial charge in [-0.05, 0) is 48.7 Å². The molecule has 9 heteroatoms. The summed E-state index contributed by atoms with van der Waals surface area (Å²) in [4.78, 5) is 17.5. The number of nitrogens with zero attached hydrogens (tertiary/aromatic N) is 3. The largest absolute Gasteiger partial charge is 0.416 e. The summed E-state index contributed by atoms with van der Waals surface area (Å²) in [6, 6.07) is 15.2. The summed E-state index contributed by atoms with van der Waals surface area (Å²) in [5.74, 6) is -0.204. The maximum absolute atomic E-state index is 13.3. The first-order valence-corrected chi connectivity index (χ1v) is 11.4. The zero-order chi connectivity index (χ0) is 25.7. The average Bonchev–Trinajstić information content (AvgIpc) is 3.29. The number of amides is 1. The van der Waals surface area contributed by atoms with E-state index in [1.807, 2.05) is 44.4 Å². The molecule has 186 valence electrons. The molecule has 1 amide bonds. The second-order valence-corrected chi connectivity index (χ2v) is 8.57. The summed E-state index contributed by atoms with van der Waals surface area (Å²) in [5, 5.41) is 9.97. The van der Waals surface area contributed by atoms with Crippen molar-refractivity contribution in [3.63, 3.8) is 0 Å². The van der Waals surface area contributed by atoms with Crippen LogP contribution in [-0.4, -0.2) is 27.2 Å². The Bertz CT molecular complexity index is 1310. The number of rotatable bonds is 8. The fourth-order valence-electron chi connectivity index (χ4n) is 3.78. The van der Waals surface area contributed by atoms with E-state index < -0.39 is 23.7 Å². The smallest absolute Gasteiger partial charge is 0.309 e. The minimum Gasteiger partial charge on any atom is -0.309 e. The Morgan fingerprint density at radius 3 is 2.44 bits per heavy atom. The minimum atomic E-state index is -4.51. The molecular weight excluding hydrogens is 467 g/mol. The summed E-state index contributed by atoms with van der Waals surface area (Å²) in [7, 11) is 1.81. The van der Waals surface area contributed by atoms with E-state index in [0.29, 0.717) is 18.8 Å². The maximum Gasteiger partial charge on any atom is 0.416 e. The van der Waals surface area contributed by atoms with Crippen LogP contribution in [0.4, 0.5) is 19.0 Å². The van der Waals surface area contributed by atoms with Gasteiger partial charge in [-0.3, -0.25) is 9.48 Å².